The highest BCUT2D eigenvalue weighted by molar-refractivity contribution is 6.33. The predicted octanol–water partition coefficient (Wildman–Crippen LogP) is 0.375. The Kier molecular flexibility index (Phi) is 2.37. The van der Waals surface area contributed by atoms with Crippen molar-refractivity contribution in [3.05, 3.63) is 29.4 Å². The number of aromatic nitrogens is 3. The molecule has 2 rings (SSSR count). The molecule has 0 aliphatic rings. The van der Waals surface area contributed by atoms with Gasteiger partial charge < -0.3 is 10.8 Å². The molecule has 2 heterocycles. The molecule has 1 atom stereocenters. The van der Waals surface area contributed by atoms with Crippen molar-refractivity contribution in [2.75, 3.05) is 6.61 Å². The average Bonchev–Trinajstić information content (AvgIpc) is 2.62. The normalized spacial score (nSPS) is 13.4. The van der Waals surface area contributed by atoms with Crippen LogP contribution < -0.4 is 5.73 Å². The fourth-order valence-corrected chi connectivity index (χ4v) is 1.46. The van der Waals surface area contributed by atoms with E-state index in [2.05, 4.69) is 9.97 Å². The van der Waals surface area contributed by atoms with E-state index in [9.17, 15) is 0 Å². The maximum atomic E-state index is 8.92. The van der Waals surface area contributed by atoms with Gasteiger partial charge in [-0.1, -0.05) is 11.6 Å². The van der Waals surface area contributed by atoms with Crippen molar-refractivity contribution in [3.8, 4) is 0 Å². The molecular formula is C8H9ClN4O. The Bertz CT molecular complexity index is 456. The van der Waals surface area contributed by atoms with E-state index in [-0.39, 0.29) is 6.61 Å². The zero-order valence-electron chi connectivity index (χ0n) is 7.26. The molecule has 0 radical (unpaired) electrons. The van der Waals surface area contributed by atoms with Gasteiger partial charge in [0.1, 0.15) is 11.3 Å². The van der Waals surface area contributed by atoms with Crippen LogP contribution in [0.5, 0.6) is 0 Å². The highest BCUT2D eigenvalue weighted by Crippen LogP contribution is 2.18. The minimum atomic E-state index is -0.467. The van der Waals surface area contributed by atoms with Crippen molar-refractivity contribution >= 4 is 17.2 Å². The SMILES string of the molecule is NC(CO)c1cnc2c(Cl)cncn12. The number of imidazole rings is 1. The molecule has 6 heteroatoms. The number of nitrogens with two attached hydrogens (primary N) is 1. The van der Waals surface area contributed by atoms with Gasteiger partial charge in [0.2, 0.25) is 0 Å². The summed E-state index contributed by atoms with van der Waals surface area (Å²) in [6.45, 7) is -0.139. The molecule has 2 aromatic rings. The Morgan fingerprint density at radius 2 is 2.36 bits per heavy atom. The van der Waals surface area contributed by atoms with Gasteiger partial charge in [0, 0.05) is 0 Å². The minimum absolute atomic E-state index is 0.139. The van der Waals surface area contributed by atoms with Crippen LogP contribution >= 0.6 is 11.6 Å². The first-order valence-corrected chi connectivity index (χ1v) is 4.44. The van der Waals surface area contributed by atoms with Gasteiger partial charge in [0.15, 0.2) is 5.65 Å². The largest absolute Gasteiger partial charge is 0.394 e. The lowest BCUT2D eigenvalue weighted by molar-refractivity contribution is 0.265. The first-order valence-electron chi connectivity index (χ1n) is 4.07. The lowest BCUT2D eigenvalue weighted by atomic mass is 10.2. The van der Waals surface area contributed by atoms with E-state index in [0.29, 0.717) is 16.4 Å². The van der Waals surface area contributed by atoms with E-state index in [1.54, 1.807) is 16.9 Å². The number of hydrogen-bond acceptors (Lipinski definition) is 4. The first kappa shape index (κ1) is 9.39. The maximum absolute atomic E-state index is 8.92. The number of aliphatic hydroxyl groups is 1. The smallest absolute Gasteiger partial charge is 0.158 e. The minimum Gasteiger partial charge on any atom is -0.394 e. The maximum Gasteiger partial charge on any atom is 0.158 e. The highest BCUT2D eigenvalue weighted by atomic mass is 35.5. The second kappa shape index (κ2) is 3.53. The zero-order valence-corrected chi connectivity index (χ0v) is 8.02. The molecule has 0 bridgehead atoms. The van der Waals surface area contributed by atoms with Gasteiger partial charge in [-0.05, 0) is 0 Å². The summed E-state index contributed by atoms with van der Waals surface area (Å²) in [5, 5.41) is 9.38. The number of halogens is 1. The lowest BCUT2D eigenvalue weighted by Crippen LogP contribution is -2.16. The van der Waals surface area contributed by atoms with E-state index in [1.165, 1.54) is 6.20 Å². The first-order chi connectivity index (χ1) is 6.74. The van der Waals surface area contributed by atoms with E-state index < -0.39 is 6.04 Å². The quantitative estimate of drug-likeness (QED) is 0.755. The number of hydrogen-bond donors (Lipinski definition) is 2. The van der Waals surface area contributed by atoms with E-state index >= 15 is 0 Å². The Balaban J connectivity index is 2.63. The molecule has 0 aliphatic carbocycles. The molecule has 0 saturated heterocycles. The summed E-state index contributed by atoms with van der Waals surface area (Å²) >= 11 is 5.87. The molecule has 0 saturated carbocycles. The van der Waals surface area contributed by atoms with Crippen LogP contribution in [0.25, 0.3) is 5.65 Å². The van der Waals surface area contributed by atoms with E-state index in [1.807, 2.05) is 0 Å². The predicted molar refractivity (Wildman–Crippen MR) is 52.0 cm³/mol. The fraction of sp³-hybridized carbons (Fsp3) is 0.250. The summed E-state index contributed by atoms with van der Waals surface area (Å²) in [5.41, 5.74) is 6.96. The molecule has 0 aliphatic heterocycles. The zero-order chi connectivity index (χ0) is 10.1. The van der Waals surface area contributed by atoms with Crippen LogP contribution in [0.4, 0.5) is 0 Å². The van der Waals surface area contributed by atoms with E-state index in [0.717, 1.165) is 0 Å². The van der Waals surface area contributed by atoms with Gasteiger partial charge in [-0.15, -0.1) is 0 Å². The molecule has 74 valence electrons. The van der Waals surface area contributed by atoms with Crippen molar-refractivity contribution in [3.63, 3.8) is 0 Å². The number of fused-ring (bicyclic) bond motifs is 1. The van der Waals surface area contributed by atoms with Crippen molar-refractivity contribution in [2.24, 2.45) is 5.73 Å². The topological polar surface area (TPSA) is 76.4 Å². The van der Waals surface area contributed by atoms with Gasteiger partial charge in [0.05, 0.1) is 30.7 Å². The van der Waals surface area contributed by atoms with Crippen molar-refractivity contribution in [1.29, 1.82) is 0 Å². The van der Waals surface area contributed by atoms with Gasteiger partial charge in [-0.3, -0.25) is 4.40 Å². The second-order valence-corrected chi connectivity index (χ2v) is 3.31. The lowest BCUT2D eigenvalue weighted by Gasteiger charge is -2.06. The third kappa shape index (κ3) is 1.35. The Morgan fingerprint density at radius 3 is 3.07 bits per heavy atom. The van der Waals surface area contributed by atoms with Crippen LogP contribution in [0, 0.1) is 0 Å². The summed E-state index contributed by atoms with van der Waals surface area (Å²) in [6.07, 6.45) is 4.67. The summed E-state index contributed by atoms with van der Waals surface area (Å²) < 4.78 is 1.67. The van der Waals surface area contributed by atoms with Gasteiger partial charge in [0.25, 0.3) is 0 Å². The van der Waals surface area contributed by atoms with Gasteiger partial charge in [-0.2, -0.15) is 0 Å². The third-order valence-electron chi connectivity index (χ3n) is 1.99. The van der Waals surface area contributed by atoms with Crippen LogP contribution in [0.1, 0.15) is 11.7 Å². The molecule has 5 nitrogen and oxygen atoms in total. The highest BCUT2D eigenvalue weighted by Gasteiger charge is 2.12. The van der Waals surface area contributed by atoms with E-state index in [4.69, 9.17) is 22.4 Å². The Morgan fingerprint density at radius 1 is 1.57 bits per heavy atom. The van der Waals surface area contributed by atoms with Crippen molar-refractivity contribution < 1.29 is 5.11 Å². The summed E-state index contributed by atoms with van der Waals surface area (Å²) in [7, 11) is 0. The Labute approximate surface area is 85.2 Å². The molecular weight excluding hydrogens is 204 g/mol. The van der Waals surface area contributed by atoms with Crippen LogP contribution in [0.2, 0.25) is 5.02 Å². The van der Waals surface area contributed by atoms with Gasteiger partial charge in [-0.25, -0.2) is 9.97 Å². The number of aliphatic hydroxyl groups excluding tert-OH is 1. The number of nitrogens with zero attached hydrogens (tertiary/aromatic N) is 3. The molecule has 1 unspecified atom stereocenters. The van der Waals surface area contributed by atoms with Crippen LogP contribution in [-0.4, -0.2) is 26.1 Å². The molecule has 14 heavy (non-hydrogen) atoms. The second-order valence-electron chi connectivity index (χ2n) is 2.91. The molecule has 0 spiro atoms. The average molecular weight is 213 g/mol. The standard InChI is InChI=1S/C8H9ClN4O/c9-5-1-11-4-13-7(6(10)3-14)2-12-8(5)13/h1-2,4,6,14H,3,10H2. The fourth-order valence-electron chi connectivity index (χ4n) is 1.26. The monoisotopic (exact) mass is 212 g/mol. The molecule has 0 aromatic carbocycles. The summed E-state index contributed by atoms with van der Waals surface area (Å²) in [6, 6.07) is -0.467. The molecule has 0 amide bonds. The summed E-state index contributed by atoms with van der Waals surface area (Å²) in [4.78, 5) is 8.00. The molecule has 0 fully saturated rings. The van der Waals surface area contributed by atoms with Crippen molar-refractivity contribution in [2.45, 2.75) is 6.04 Å². The Hall–Kier alpha value is -1.17. The van der Waals surface area contributed by atoms with Crippen LogP contribution in [0.3, 0.4) is 0 Å². The van der Waals surface area contributed by atoms with Crippen LogP contribution in [-0.2, 0) is 0 Å². The molecule has 2 aromatic heterocycles. The molecule has 3 N–H and O–H groups in total. The summed E-state index contributed by atoms with van der Waals surface area (Å²) in [5.74, 6) is 0. The van der Waals surface area contributed by atoms with Crippen LogP contribution in [0.15, 0.2) is 18.7 Å². The number of rotatable bonds is 2. The third-order valence-corrected chi connectivity index (χ3v) is 2.25. The van der Waals surface area contributed by atoms with Gasteiger partial charge >= 0.3 is 0 Å². The van der Waals surface area contributed by atoms with Crippen molar-refractivity contribution in [1.82, 2.24) is 14.4 Å².